The SMILES string of the molecule is CCCC(C)(C)NCCCC(N)=NO. The number of nitrogens with two attached hydrogens (primary N) is 1. The fourth-order valence-electron chi connectivity index (χ4n) is 1.46. The highest BCUT2D eigenvalue weighted by Crippen LogP contribution is 2.10. The maximum atomic E-state index is 8.32. The van der Waals surface area contributed by atoms with Gasteiger partial charge in [0.25, 0.3) is 0 Å². The average Bonchev–Trinajstić information content (AvgIpc) is 2.12. The Kier molecular flexibility index (Phi) is 6.28. The van der Waals surface area contributed by atoms with Crippen LogP contribution in [0.4, 0.5) is 0 Å². The predicted molar refractivity (Wildman–Crippen MR) is 59.6 cm³/mol. The highest BCUT2D eigenvalue weighted by atomic mass is 16.4. The van der Waals surface area contributed by atoms with Crippen LogP contribution in [0.3, 0.4) is 0 Å². The number of hydrogen-bond donors (Lipinski definition) is 3. The van der Waals surface area contributed by atoms with Gasteiger partial charge in [0.2, 0.25) is 0 Å². The van der Waals surface area contributed by atoms with Gasteiger partial charge in [-0.15, -0.1) is 0 Å². The largest absolute Gasteiger partial charge is 0.409 e. The van der Waals surface area contributed by atoms with E-state index in [2.05, 4.69) is 31.2 Å². The molecule has 4 heteroatoms. The Hall–Kier alpha value is -0.770. The molecule has 0 heterocycles. The van der Waals surface area contributed by atoms with E-state index in [-0.39, 0.29) is 5.54 Å². The number of rotatable bonds is 7. The zero-order valence-electron chi connectivity index (χ0n) is 9.51. The zero-order valence-corrected chi connectivity index (χ0v) is 9.51. The summed E-state index contributed by atoms with van der Waals surface area (Å²) < 4.78 is 0. The third kappa shape index (κ3) is 6.71. The predicted octanol–water partition coefficient (Wildman–Crippen LogP) is 1.68. The van der Waals surface area contributed by atoms with Crippen LogP contribution in [-0.2, 0) is 0 Å². The van der Waals surface area contributed by atoms with Gasteiger partial charge < -0.3 is 16.3 Å². The molecule has 0 atom stereocenters. The van der Waals surface area contributed by atoms with Gasteiger partial charge in [0.1, 0.15) is 5.84 Å². The highest BCUT2D eigenvalue weighted by molar-refractivity contribution is 5.79. The van der Waals surface area contributed by atoms with Crippen LogP contribution < -0.4 is 11.1 Å². The van der Waals surface area contributed by atoms with Gasteiger partial charge in [-0.25, -0.2) is 0 Å². The molecule has 0 bridgehead atoms. The summed E-state index contributed by atoms with van der Waals surface area (Å²) >= 11 is 0. The molecule has 0 aliphatic carbocycles. The van der Waals surface area contributed by atoms with Gasteiger partial charge in [0.05, 0.1) is 0 Å². The van der Waals surface area contributed by atoms with E-state index < -0.39 is 0 Å². The summed E-state index contributed by atoms with van der Waals surface area (Å²) in [7, 11) is 0. The summed E-state index contributed by atoms with van der Waals surface area (Å²) in [5.41, 5.74) is 5.55. The standard InChI is InChI=1S/C10H23N3O/c1-4-7-10(2,3)12-8-5-6-9(11)13-14/h12,14H,4-8H2,1-3H3,(H2,11,13). The van der Waals surface area contributed by atoms with Gasteiger partial charge in [0, 0.05) is 12.0 Å². The molecule has 0 spiro atoms. The first-order chi connectivity index (χ1) is 6.52. The van der Waals surface area contributed by atoms with Crippen LogP contribution in [0.25, 0.3) is 0 Å². The van der Waals surface area contributed by atoms with Crippen molar-refractivity contribution in [3.05, 3.63) is 0 Å². The maximum Gasteiger partial charge on any atom is 0.139 e. The van der Waals surface area contributed by atoms with Crippen LogP contribution in [-0.4, -0.2) is 23.1 Å². The lowest BCUT2D eigenvalue weighted by molar-refractivity contribution is 0.316. The van der Waals surface area contributed by atoms with Crippen LogP contribution in [0.15, 0.2) is 5.16 Å². The van der Waals surface area contributed by atoms with Gasteiger partial charge in [-0.2, -0.15) is 0 Å². The molecule has 0 aliphatic rings. The highest BCUT2D eigenvalue weighted by Gasteiger charge is 2.14. The molecule has 0 aliphatic heterocycles. The lowest BCUT2D eigenvalue weighted by atomic mass is 9.99. The number of oxime groups is 1. The summed E-state index contributed by atoms with van der Waals surface area (Å²) in [5, 5.41) is 14.7. The van der Waals surface area contributed by atoms with Crippen LogP contribution in [0, 0.1) is 0 Å². The molecular formula is C10H23N3O. The first kappa shape index (κ1) is 13.2. The summed E-state index contributed by atoms with van der Waals surface area (Å²) in [6.07, 6.45) is 3.89. The average molecular weight is 201 g/mol. The molecule has 0 amide bonds. The Labute approximate surface area is 86.6 Å². The third-order valence-corrected chi connectivity index (χ3v) is 2.22. The van der Waals surface area contributed by atoms with Gasteiger partial charge in [-0.3, -0.25) is 0 Å². The minimum atomic E-state index is 0.194. The fourth-order valence-corrected chi connectivity index (χ4v) is 1.46. The molecule has 14 heavy (non-hydrogen) atoms. The number of nitrogens with zero attached hydrogens (tertiary/aromatic N) is 1. The number of hydrogen-bond acceptors (Lipinski definition) is 3. The molecule has 0 saturated heterocycles. The van der Waals surface area contributed by atoms with Crippen LogP contribution in [0.1, 0.15) is 46.5 Å². The molecular weight excluding hydrogens is 178 g/mol. The molecule has 84 valence electrons. The lowest BCUT2D eigenvalue weighted by Gasteiger charge is -2.25. The van der Waals surface area contributed by atoms with Crippen molar-refractivity contribution in [1.82, 2.24) is 5.32 Å². The van der Waals surface area contributed by atoms with E-state index >= 15 is 0 Å². The Balaban J connectivity index is 3.53. The number of amidine groups is 1. The molecule has 4 nitrogen and oxygen atoms in total. The Bertz CT molecular complexity index is 178. The van der Waals surface area contributed by atoms with Crippen molar-refractivity contribution in [1.29, 1.82) is 0 Å². The van der Waals surface area contributed by atoms with E-state index in [1.54, 1.807) is 0 Å². The molecule has 0 aromatic rings. The smallest absolute Gasteiger partial charge is 0.139 e. The van der Waals surface area contributed by atoms with Gasteiger partial charge >= 0.3 is 0 Å². The Morgan fingerprint density at radius 1 is 1.50 bits per heavy atom. The Morgan fingerprint density at radius 2 is 2.14 bits per heavy atom. The summed E-state index contributed by atoms with van der Waals surface area (Å²) in [4.78, 5) is 0. The van der Waals surface area contributed by atoms with Gasteiger partial charge in [-0.1, -0.05) is 18.5 Å². The van der Waals surface area contributed by atoms with Crippen molar-refractivity contribution in [2.45, 2.75) is 52.0 Å². The molecule has 0 unspecified atom stereocenters. The topological polar surface area (TPSA) is 70.6 Å². The van der Waals surface area contributed by atoms with E-state index in [1.807, 2.05) is 0 Å². The monoisotopic (exact) mass is 201 g/mol. The first-order valence-corrected chi connectivity index (χ1v) is 5.23. The second-order valence-corrected chi connectivity index (χ2v) is 4.26. The lowest BCUT2D eigenvalue weighted by Crippen LogP contribution is -2.39. The summed E-state index contributed by atoms with van der Waals surface area (Å²) in [6.45, 7) is 7.48. The van der Waals surface area contributed by atoms with Crippen molar-refractivity contribution < 1.29 is 5.21 Å². The van der Waals surface area contributed by atoms with Crippen molar-refractivity contribution in [2.75, 3.05) is 6.54 Å². The van der Waals surface area contributed by atoms with E-state index in [9.17, 15) is 0 Å². The molecule has 0 rings (SSSR count). The third-order valence-electron chi connectivity index (χ3n) is 2.22. The number of nitrogens with one attached hydrogen (secondary N) is 1. The molecule has 0 saturated carbocycles. The second-order valence-electron chi connectivity index (χ2n) is 4.26. The first-order valence-electron chi connectivity index (χ1n) is 5.23. The van der Waals surface area contributed by atoms with Crippen LogP contribution in [0.5, 0.6) is 0 Å². The quantitative estimate of drug-likeness (QED) is 0.193. The summed E-state index contributed by atoms with van der Waals surface area (Å²) in [6, 6.07) is 0. The van der Waals surface area contributed by atoms with Gasteiger partial charge in [-0.05, 0) is 33.2 Å². The second kappa shape index (κ2) is 6.65. The van der Waals surface area contributed by atoms with E-state index in [4.69, 9.17) is 10.9 Å². The minimum absolute atomic E-state index is 0.194. The van der Waals surface area contributed by atoms with Gasteiger partial charge in [0.15, 0.2) is 0 Å². The van der Waals surface area contributed by atoms with E-state index in [1.165, 1.54) is 6.42 Å². The fraction of sp³-hybridized carbons (Fsp3) is 0.900. The van der Waals surface area contributed by atoms with Crippen molar-refractivity contribution in [3.8, 4) is 0 Å². The minimum Gasteiger partial charge on any atom is -0.409 e. The molecule has 0 aromatic carbocycles. The van der Waals surface area contributed by atoms with Crippen LogP contribution >= 0.6 is 0 Å². The normalized spacial score (nSPS) is 13.2. The van der Waals surface area contributed by atoms with Crippen molar-refractivity contribution in [2.24, 2.45) is 10.9 Å². The molecule has 0 aromatic heterocycles. The molecule has 0 fully saturated rings. The van der Waals surface area contributed by atoms with E-state index in [0.29, 0.717) is 12.3 Å². The van der Waals surface area contributed by atoms with E-state index in [0.717, 1.165) is 19.4 Å². The molecule has 0 radical (unpaired) electrons. The maximum absolute atomic E-state index is 8.32. The summed E-state index contributed by atoms with van der Waals surface area (Å²) in [5.74, 6) is 0.306. The Morgan fingerprint density at radius 3 is 2.64 bits per heavy atom. The zero-order chi connectivity index (χ0) is 11.0. The molecule has 4 N–H and O–H groups in total. The van der Waals surface area contributed by atoms with Crippen molar-refractivity contribution >= 4 is 5.84 Å². The van der Waals surface area contributed by atoms with Crippen LogP contribution in [0.2, 0.25) is 0 Å². The van der Waals surface area contributed by atoms with Crippen molar-refractivity contribution in [3.63, 3.8) is 0 Å².